The molecule has 1 fully saturated rings. The zero-order valence-corrected chi connectivity index (χ0v) is 9.42. The molecule has 0 radical (unpaired) electrons. The van der Waals surface area contributed by atoms with Crippen LogP contribution < -0.4 is 5.32 Å². The zero-order chi connectivity index (χ0) is 10.7. The standard InChI is InChI=1S/C10H14N2O2S/c1-14-9-4-2-3-7(9)11-10(13)8-5-6-15-12-8/h5-7,9H,2-4H2,1H3,(H,11,13)/t7-,9-/m1/s1. The minimum atomic E-state index is -0.0924. The predicted octanol–water partition coefficient (Wildman–Crippen LogP) is 1.44. The van der Waals surface area contributed by atoms with E-state index in [4.69, 9.17) is 4.74 Å². The molecule has 0 aliphatic heterocycles. The van der Waals surface area contributed by atoms with Crippen LogP contribution in [0.4, 0.5) is 0 Å². The van der Waals surface area contributed by atoms with Gasteiger partial charge in [0.2, 0.25) is 0 Å². The van der Waals surface area contributed by atoms with Crippen molar-refractivity contribution in [2.45, 2.75) is 31.4 Å². The molecule has 82 valence electrons. The lowest BCUT2D eigenvalue weighted by molar-refractivity contribution is 0.0720. The van der Waals surface area contributed by atoms with Gasteiger partial charge in [0, 0.05) is 12.5 Å². The van der Waals surface area contributed by atoms with Crippen LogP contribution in [-0.2, 0) is 4.74 Å². The van der Waals surface area contributed by atoms with Crippen molar-refractivity contribution in [3.63, 3.8) is 0 Å². The Morgan fingerprint density at radius 3 is 3.20 bits per heavy atom. The van der Waals surface area contributed by atoms with Gasteiger partial charge in [-0.25, -0.2) is 0 Å². The molecule has 4 nitrogen and oxygen atoms in total. The van der Waals surface area contributed by atoms with Gasteiger partial charge in [0.25, 0.3) is 5.91 Å². The molecular weight excluding hydrogens is 212 g/mol. The average Bonchev–Trinajstić information content (AvgIpc) is 2.87. The highest BCUT2D eigenvalue weighted by Gasteiger charge is 2.28. The number of amides is 1. The van der Waals surface area contributed by atoms with E-state index in [2.05, 4.69) is 9.69 Å². The Kier molecular flexibility index (Phi) is 3.33. The van der Waals surface area contributed by atoms with Crippen molar-refractivity contribution in [1.82, 2.24) is 9.69 Å². The lowest BCUT2D eigenvalue weighted by Crippen LogP contribution is -2.40. The van der Waals surface area contributed by atoms with Crippen LogP contribution in [0.3, 0.4) is 0 Å². The van der Waals surface area contributed by atoms with Gasteiger partial charge in [-0.05, 0) is 36.9 Å². The average molecular weight is 226 g/mol. The second kappa shape index (κ2) is 4.72. The Morgan fingerprint density at radius 1 is 1.67 bits per heavy atom. The summed E-state index contributed by atoms with van der Waals surface area (Å²) >= 11 is 1.29. The van der Waals surface area contributed by atoms with E-state index in [0.717, 1.165) is 19.3 Å². The molecule has 1 aliphatic carbocycles. The highest BCUT2D eigenvalue weighted by molar-refractivity contribution is 7.03. The fourth-order valence-electron chi connectivity index (χ4n) is 1.95. The van der Waals surface area contributed by atoms with E-state index in [1.54, 1.807) is 18.6 Å². The number of hydrogen-bond donors (Lipinski definition) is 1. The third-order valence-electron chi connectivity index (χ3n) is 2.74. The van der Waals surface area contributed by atoms with Gasteiger partial charge in [0.1, 0.15) is 5.69 Å². The molecule has 1 N–H and O–H groups in total. The number of carbonyl (C=O) groups excluding carboxylic acids is 1. The molecule has 1 aromatic heterocycles. The third-order valence-corrected chi connectivity index (χ3v) is 3.30. The number of aromatic nitrogens is 1. The van der Waals surface area contributed by atoms with Gasteiger partial charge in [-0.3, -0.25) is 4.79 Å². The van der Waals surface area contributed by atoms with Crippen LogP contribution in [-0.4, -0.2) is 29.5 Å². The summed E-state index contributed by atoms with van der Waals surface area (Å²) in [6.45, 7) is 0. The summed E-state index contributed by atoms with van der Waals surface area (Å²) in [5.74, 6) is -0.0924. The Hall–Kier alpha value is -0.940. The fraction of sp³-hybridized carbons (Fsp3) is 0.600. The summed E-state index contributed by atoms with van der Waals surface area (Å²) in [7, 11) is 1.69. The number of nitrogens with zero attached hydrogens (tertiary/aromatic N) is 1. The van der Waals surface area contributed by atoms with E-state index >= 15 is 0 Å². The number of hydrogen-bond acceptors (Lipinski definition) is 4. The van der Waals surface area contributed by atoms with Gasteiger partial charge >= 0.3 is 0 Å². The van der Waals surface area contributed by atoms with Crippen molar-refractivity contribution in [2.75, 3.05) is 7.11 Å². The summed E-state index contributed by atoms with van der Waals surface area (Å²) in [6, 6.07) is 1.88. The van der Waals surface area contributed by atoms with Crippen LogP contribution in [0.1, 0.15) is 29.8 Å². The second-order valence-electron chi connectivity index (χ2n) is 3.67. The lowest BCUT2D eigenvalue weighted by Gasteiger charge is -2.18. The largest absolute Gasteiger partial charge is 0.379 e. The fourth-order valence-corrected chi connectivity index (χ4v) is 2.45. The zero-order valence-electron chi connectivity index (χ0n) is 8.60. The second-order valence-corrected chi connectivity index (χ2v) is 4.34. The Morgan fingerprint density at radius 2 is 2.53 bits per heavy atom. The van der Waals surface area contributed by atoms with E-state index in [9.17, 15) is 4.79 Å². The van der Waals surface area contributed by atoms with Gasteiger partial charge < -0.3 is 10.1 Å². The summed E-state index contributed by atoms with van der Waals surface area (Å²) < 4.78 is 9.31. The van der Waals surface area contributed by atoms with E-state index in [1.165, 1.54) is 11.5 Å². The Labute approximate surface area is 92.8 Å². The smallest absolute Gasteiger partial charge is 0.271 e. The summed E-state index contributed by atoms with van der Waals surface area (Å²) in [5.41, 5.74) is 0.502. The van der Waals surface area contributed by atoms with Crippen molar-refractivity contribution in [1.29, 1.82) is 0 Å². The quantitative estimate of drug-likeness (QED) is 0.848. The first kappa shape index (κ1) is 10.6. The molecule has 5 heteroatoms. The maximum absolute atomic E-state index is 11.7. The molecule has 1 aromatic rings. The van der Waals surface area contributed by atoms with Crippen LogP contribution in [0.5, 0.6) is 0 Å². The lowest BCUT2D eigenvalue weighted by atomic mass is 10.2. The number of rotatable bonds is 3. The maximum atomic E-state index is 11.7. The molecule has 0 saturated heterocycles. The SMILES string of the molecule is CO[C@@H]1CCC[C@H]1NC(=O)c1ccsn1. The van der Waals surface area contributed by atoms with Crippen molar-refractivity contribution >= 4 is 17.4 Å². The molecule has 1 amide bonds. The third kappa shape index (κ3) is 2.35. The summed E-state index contributed by atoms with van der Waals surface area (Å²) in [6.07, 6.45) is 3.29. The van der Waals surface area contributed by atoms with Gasteiger partial charge in [-0.15, -0.1) is 0 Å². The molecule has 1 aliphatic rings. The van der Waals surface area contributed by atoms with Crippen LogP contribution in [0.25, 0.3) is 0 Å². The molecule has 0 spiro atoms. The van der Waals surface area contributed by atoms with Crippen molar-refractivity contribution in [3.8, 4) is 0 Å². The van der Waals surface area contributed by atoms with Crippen LogP contribution >= 0.6 is 11.5 Å². The first-order valence-corrected chi connectivity index (χ1v) is 5.89. The summed E-state index contributed by atoms with van der Waals surface area (Å²) in [4.78, 5) is 11.7. The molecule has 2 atom stereocenters. The summed E-state index contributed by atoms with van der Waals surface area (Å²) in [5, 5.41) is 4.77. The first-order chi connectivity index (χ1) is 7.31. The van der Waals surface area contributed by atoms with Crippen LogP contribution in [0.2, 0.25) is 0 Å². The molecule has 1 saturated carbocycles. The minimum Gasteiger partial charge on any atom is -0.379 e. The highest BCUT2D eigenvalue weighted by Crippen LogP contribution is 2.21. The first-order valence-electron chi connectivity index (χ1n) is 5.05. The molecule has 0 bridgehead atoms. The van der Waals surface area contributed by atoms with Crippen molar-refractivity contribution in [3.05, 3.63) is 17.1 Å². The van der Waals surface area contributed by atoms with Gasteiger partial charge in [-0.1, -0.05) is 0 Å². The normalized spacial score (nSPS) is 25.4. The maximum Gasteiger partial charge on any atom is 0.271 e. The van der Waals surface area contributed by atoms with E-state index in [1.807, 2.05) is 0 Å². The number of ether oxygens (including phenoxy) is 1. The van der Waals surface area contributed by atoms with Crippen molar-refractivity contribution in [2.24, 2.45) is 0 Å². The van der Waals surface area contributed by atoms with Crippen LogP contribution in [0.15, 0.2) is 11.4 Å². The van der Waals surface area contributed by atoms with Gasteiger partial charge in [0.05, 0.1) is 12.1 Å². The Balaban J connectivity index is 1.94. The molecule has 2 rings (SSSR count). The number of carbonyl (C=O) groups is 1. The van der Waals surface area contributed by atoms with Gasteiger partial charge in [-0.2, -0.15) is 4.37 Å². The monoisotopic (exact) mass is 226 g/mol. The molecule has 0 aromatic carbocycles. The number of nitrogens with one attached hydrogen (secondary N) is 1. The van der Waals surface area contributed by atoms with E-state index < -0.39 is 0 Å². The Bertz CT molecular complexity index is 326. The minimum absolute atomic E-state index is 0.0924. The van der Waals surface area contributed by atoms with Gasteiger partial charge in [0.15, 0.2) is 0 Å². The van der Waals surface area contributed by atoms with Crippen LogP contribution in [0, 0.1) is 0 Å². The van der Waals surface area contributed by atoms with E-state index in [-0.39, 0.29) is 18.1 Å². The molecule has 0 unspecified atom stereocenters. The highest BCUT2D eigenvalue weighted by atomic mass is 32.1. The van der Waals surface area contributed by atoms with Crippen molar-refractivity contribution < 1.29 is 9.53 Å². The molecular formula is C10H14N2O2S. The topological polar surface area (TPSA) is 51.2 Å². The molecule has 1 heterocycles. The number of methoxy groups -OCH3 is 1. The predicted molar refractivity (Wildman–Crippen MR) is 58.0 cm³/mol. The molecule has 15 heavy (non-hydrogen) atoms. The van der Waals surface area contributed by atoms with E-state index in [0.29, 0.717) is 5.69 Å².